The summed E-state index contributed by atoms with van der Waals surface area (Å²) in [4.78, 5) is 29.9. The molecular weight excluding hydrogens is 362 g/mol. The maximum atomic E-state index is 12.1. The molecule has 6 nitrogen and oxygen atoms in total. The number of rotatable bonds is 7. The van der Waals surface area contributed by atoms with Gasteiger partial charge < -0.3 is 15.3 Å². The van der Waals surface area contributed by atoms with Gasteiger partial charge in [0.2, 0.25) is 0 Å². The van der Waals surface area contributed by atoms with Crippen LogP contribution in [0.15, 0.2) is 29.6 Å². The molecule has 2 N–H and O–H groups in total. The van der Waals surface area contributed by atoms with E-state index in [-0.39, 0.29) is 5.41 Å². The number of hydrogen-bond donors (Lipinski definition) is 2. The zero-order valence-corrected chi connectivity index (χ0v) is 17.3. The average Bonchev–Trinajstić information content (AvgIpc) is 3.10. The lowest BCUT2D eigenvalue weighted by atomic mass is 9.93. The number of hydrogen-bond acceptors (Lipinski definition) is 5. The number of nitrogens with zero attached hydrogens (tertiary/aromatic N) is 2. The molecule has 1 aromatic carbocycles. The maximum absolute atomic E-state index is 12.1. The number of anilines is 1. The summed E-state index contributed by atoms with van der Waals surface area (Å²) in [5.74, 6) is -1.45. The lowest BCUT2D eigenvalue weighted by Gasteiger charge is -2.21. The minimum absolute atomic E-state index is 0.0241. The summed E-state index contributed by atoms with van der Waals surface area (Å²) in [6.45, 7) is 11.5. The van der Waals surface area contributed by atoms with Crippen molar-refractivity contribution in [2.45, 2.75) is 52.6 Å². The van der Waals surface area contributed by atoms with Crippen LogP contribution in [0.1, 0.15) is 56.2 Å². The van der Waals surface area contributed by atoms with Gasteiger partial charge in [-0.1, -0.05) is 32.9 Å². The highest BCUT2D eigenvalue weighted by molar-refractivity contribution is 7.13. The summed E-state index contributed by atoms with van der Waals surface area (Å²) >= 11 is 1.64. The fraction of sp³-hybridized carbons (Fsp3) is 0.450. The third-order valence-electron chi connectivity index (χ3n) is 4.22. The Hall–Kier alpha value is -2.41. The third-order valence-corrected chi connectivity index (χ3v) is 5.12. The van der Waals surface area contributed by atoms with Crippen LogP contribution < -0.4 is 10.2 Å². The quantitative estimate of drug-likeness (QED) is 0.755. The van der Waals surface area contributed by atoms with E-state index in [9.17, 15) is 9.59 Å². The smallest absolute Gasteiger partial charge is 0.325 e. The lowest BCUT2D eigenvalue weighted by molar-refractivity contribution is -0.138. The first-order valence-electron chi connectivity index (χ1n) is 8.95. The van der Waals surface area contributed by atoms with E-state index in [2.05, 4.69) is 43.3 Å². The van der Waals surface area contributed by atoms with Crippen LogP contribution in [-0.4, -0.2) is 34.6 Å². The van der Waals surface area contributed by atoms with Gasteiger partial charge in [0.05, 0.1) is 5.69 Å². The van der Waals surface area contributed by atoms with Gasteiger partial charge in [-0.25, -0.2) is 4.98 Å². The summed E-state index contributed by atoms with van der Waals surface area (Å²) in [5.41, 5.74) is 2.61. The number of carbonyl (C=O) groups excluding carboxylic acids is 1. The first kappa shape index (κ1) is 20.9. The zero-order valence-electron chi connectivity index (χ0n) is 16.4. The fourth-order valence-corrected chi connectivity index (χ4v) is 3.51. The van der Waals surface area contributed by atoms with Gasteiger partial charge in [0.25, 0.3) is 5.91 Å². The van der Waals surface area contributed by atoms with Crippen LogP contribution in [0, 0.1) is 0 Å². The van der Waals surface area contributed by atoms with Crippen molar-refractivity contribution >= 4 is 28.3 Å². The first-order valence-corrected chi connectivity index (χ1v) is 9.83. The van der Waals surface area contributed by atoms with Crippen molar-refractivity contribution in [2.75, 3.05) is 11.4 Å². The molecule has 1 aromatic heterocycles. The molecule has 0 radical (unpaired) electrons. The van der Waals surface area contributed by atoms with Crippen molar-refractivity contribution < 1.29 is 14.7 Å². The van der Waals surface area contributed by atoms with E-state index < -0.39 is 17.9 Å². The molecule has 146 valence electrons. The van der Waals surface area contributed by atoms with Gasteiger partial charge in [0.1, 0.15) is 6.04 Å². The van der Waals surface area contributed by atoms with Crippen molar-refractivity contribution in [3.63, 3.8) is 0 Å². The summed E-state index contributed by atoms with van der Waals surface area (Å²) < 4.78 is 0. The summed E-state index contributed by atoms with van der Waals surface area (Å²) in [7, 11) is 0. The van der Waals surface area contributed by atoms with Gasteiger partial charge in [-0.15, -0.1) is 11.3 Å². The Balaban J connectivity index is 2.07. The van der Waals surface area contributed by atoms with E-state index in [1.807, 2.05) is 12.1 Å². The highest BCUT2D eigenvalue weighted by Gasteiger charge is 2.20. The molecule has 1 heterocycles. The number of benzene rings is 1. The number of carboxylic acids is 1. The summed E-state index contributed by atoms with van der Waals surface area (Å²) in [6.07, 6.45) is 0. The molecule has 0 saturated carbocycles. The second-order valence-corrected chi connectivity index (χ2v) is 8.35. The average molecular weight is 390 g/mol. The number of aromatic nitrogens is 1. The third kappa shape index (κ3) is 5.53. The van der Waals surface area contributed by atoms with Crippen molar-refractivity contribution in [1.82, 2.24) is 10.3 Å². The Labute approximate surface area is 164 Å². The van der Waals surface area contributed by atoms with Crippen LogP contribution in [0.3, 0.4) is 0 Å². The highest BCUT2D eigenvalue weighted by atomic mass is 32.1. The number of amides is 1. The van der Waals surface area contributed by atoms with Crippen molar-refractivity contribution in [1.29, 1.82) is 0 Å². The largest absolute Gasteiger partial charge is 0.480 e. The monoisotopic (exact) mass is 389 g/mol. The van der Waals surface area contributed by atoms with Gasteiger partial charge >= 0.3 is 5.97 Å². The molecule has 0 aliphatic heterocycles. The minimum atomic E-state index is -1.06. The number of carboxylic acid groups (broad SMARTS) is 1. The molecule has 1 atom stereocenters. The second kappa shape index (κ2) is 8.52. The maximum Gasteiger partial charge on any atom is 0.325 e. The molecular formula is C20H27N3O3S. The van der Waals surface area contributed by atoms with Gasteiger partial charge in [-0.3, -0.25) is 9.59 Å². The standard InChI is InChI=1S/C20H27N3O3S/c1-6-23(19-22-16(12-27-19)20(3,4)5)11-14-7-9-15(10-8-14)17(24)21-13(2)18(25)26/h7-10,12-13H,6,11H2,1-5H3,(H,21,24)(H,25,26). The number of aliphatic carboxylic acids is 1. The van der Waals surface area contributed by atoms with Crippen LogP contribution in [-0.2, 0) is 16.8 Å². The van der Waals surface area contributed by atoms with Gasteiger partial charge in [-0.2, -0.15) is 0 Å². The van der Waals surface area contributed by atoms with Crippen LogP contribution >= 0.6 is 11.3 Å². The van der Waals surface area contributed by atoms with E-state index in [1.54, 1.807) is 23.5 Å². The predicted octanol–water partition coefficient (Wildman–Crippen LogP) is 3.67. The Bertz CT molecular complexity index is 794. The van der Waals surface area contributed by atoms with Gasteiger partial charge in [-0.05, 0) is 31.5 Å². The Morgan fingerprint density at radius 2 is 1.89 bits per heavy atom. The predicted molar refractivity (Wildman–Crippen MR) is 109 cm³/mol. The molecule has 1 amide bonds. The molecule has 2 rings (SSSR count). The minimum Gasteiger partial charge on any atom is -0.480 e. The van der Waals surface area contributed by atoms with Crippen molar-refractivity contribution in [2.24, 2.45) is 0 Å². The molecule has 0 saturated heterocycles. The Morgan fingerprint density at radius 3 is 2.37 bits per heavy atom. The topological polar surface area (TPSA) is 82.5 Å². The van der Waals surface area contributed by atoms with Crippen LogP contribution in [0.5, 0.6) is 0 Å². The van der Waals surface area contributed by atoms with E-state index >= 15 is 0 Å². The second-order valence-electron chi connectivity index (χ2n) is 7.51. The summed E-state index contributed by atoms with van der Waals surface area (Å²) in [6, 6.07) is 6.29. The fourth-order valence-electron chi connectivity index (χ4n) is 2.39. The molecule has 0 aliphatic carbocycles. The van der Waals surface area contributed by atoms with Crippen LogP contribution in [0.25, 0.3) is 0 Å². The SMILES string of the molecule is CCN(Cc1ccc(C(=O)NC(C)C(=O)O)cc1)c1nc(C(C)(C)C)cs1. The molecule has 2 aromatic rings. The molecule has 0 fully saturated rings. The van der Waals surface area contributed by atoms with E-state index in [0.29, 0.717) is 12.1 Å². The van der Waals surface area contributed by atoms with Crippen molar-refractivity contribution in [3.8, 4) is 0 Å². The van der Waals surface area contributed by atoms with E-state index in [0.717, 1.165) is 22.9 Å². The lowest BCUT2D eigenvalue weighted by Crippen LogP contribution is -2.38. The zero-order chi connectivity index (χ0) is 20.2. The molecule has 1 unspecified atom stereocenters. The van der Waals surface area contributed by atoms with Gasteiger partial charge in [0.15, 0.2) is 5.13 Å². The number of nitrogens with one attached hydrogen (secondary N) is 1. The van der Waals surface area contributed by atoms with E-state index in [4.69, 9.17) is 10.1 Å². The van der Waals surface area contributed by atoms with Crippen molar-refractivity contribution in [3.05, 3.63) is 46.5 Å². The Morgan fingerprint density at radius 1 is 1.26 bits per heavy atom. The number of thiazole rings is 1. The molecule has 27 heavy (non-hydrogen) atoms. The molecule has 0 bridgehead atoms. The molecule has 0 spiro atoms. The normalized spacial score (nSPS) is 12.5. The summed E-state index contributed by atoms with van der Waals surface area (Å²) in [5, 5.41) is 14.4. The molecule has 0 aliphatic rings. The molecule has 7 heteroatoms. The van der Waals surface area contributed by atoms with E-state index in [1.165, 1.54) is 6.92 Å². The Kier molecular flexibility index (Phi) is 6.59. The van der Waals surface area contributed by atoms with Gasteiger partial charge in [0, 0.05) is 29.4 Å². The van der Waals surface area contributed by atoms with Crippen LogP contribution in [0.2, 0.25) is 0 Å². The highest BCUT2D eigenvalue weighted by Crippen LogP contribution is 2.29. The van der Waals surface area contributed by atoms with Crippen LogP contribution in [0.4, 0.5) is 5.13 Å². The first-order chi connectivity index (χ1) is 12.6. The number of carbonyl (C=O) groups is 2.